The van der Waals surface area contributed by atoms with Crippen LogP contribution in [0.25, 0.3) is 0 Å². The Morgan fingerprint density at radius 2 is 1.50 bits per heavy atom. The van der Waals surface area contributed by atoms with Gasteiger partial charge in [-0.2, -0.15) is 0 Å². The maximum Gasteiger partial charge on any atom is 0.162 e. The van der Waals surface area contributed by atoms with E-state index >= 15 is 0 Å². The molecule has 1 heterocycles. The predicted octanol–water partition coefficient (Wildman–Crippen LogP) is 0.758. The first-order valence-corrected chi connectivity index (χ1v) is 4.15. The SMILES string of the molecule is COC1CC(OC)OCCCO1. The van der Waals surface area contributed by atoms with Crippen molar-refractivity contribution in [2.45, 2.75) is 25.4 Å². The van der Waals surface area contributed by atoms with Gasteiger partial charge in [-0.1, -0.05) is 0 Å². The van der Waals surface area contributed by atoms with E-state index in [1.165, 1.54) is 0 Å². The first-order chi connectivity index (χ1) is 5.86. The lowest BCUT2D eigenvalue weighted by molar-refractivity contribution is -0.214. The zero-order valence-electron chi connectivity index (χ0n) is 7.62. The number of methoxy groups -OCH3 is 2. The minimum absolute atomic E-state index is 0.199. The summed E-state index contributed by atoms with van der Waals surface area (Å²) in [6.07, 6.45) is 1.12. The van der Waals surface area contributed by atoms with Crippen molar-refractivity contribution >= 4 is 0 Å². The van der Waals surface area contributed by atoms with Gasteiger partial charge in [0.25, 0.3) is 0 Å². The molecular weight excluding hydrogens is 160 g/mol. The second kappa shape index (κ2) is 5.48. The molecule has 72 valence electrons. The van der Waals surface area contributed by atoms with Crippen molar-refractivity contribution in [2.75, 3.05) is 27.4 Å². The van der Waals surface area contributed by atoms with Gasteiger partial charge < -0.3 is 18.9 Å². The highest BCUT2D eigenvalue weighted by Crippen LogP contribution is 2.11. The summed E-state index contributed by atoms with van der Waals surface area (Å²) in [5.41, 5.74) is 0. The van der Waals surface area contributed by atoms with Crippen molar-refractivity contribution < 1.29 is 18.9 Å². The summed E-state index contributed by atoms with van der Waals surface area (Å²) < 4.78 is 20.9. The van der Waals surface area contributed by atoms with Gasteiger partial charge >= 0.3 is 0 Å². The molecule has 0 saturated carbocycles. The first-order valence-electron chi connectivity index (χ1n) is 4.15. The molecule has 4 heteroatoms. The lowest BCUT2D eigenvalue weighted by atomic mass is 10.3. The second-order valence-electron chi connectivity index (χ2n) is 2.66. The van der Waals surface area contributed by atoms with Gasteiger partial charge in [0.15, 0.2) is 12.6 Å². The number of hydrogen-bond acceptors (Lipinski definition) is 4. The highest BCUT2D eigenvalue weighted by Gasteiger charge is 2.18. The minimum atomic E-state index is -0.199. The van der Waals surface area contributed by atoms with E-state index in [1.807, 2.05) is 0 Å². The summed E-state index contributed by atoms with van der Waals surface area (Å²) in [6.45, 7) is 1.38. The van der Waals surface area contributed by atoms with Gasteiger partial charge in [0, 0.05) is 20.6 Å². The van der Waals surface area contributed by atoms with Gasteiger partial charge in [-0.05, 0) is 6.42 Å². The zero-order valence-corrected chi connectivity index (χ0v) is 7.62. The first kappa shape index (κ1) is 9.92. The molecule has 0 amide bonds. The van der Waals surface area contributed by atoms with E-state index in [0.29, 0.717) is 19.6 Å². The molecule has 1 aliphatic heterocycles. The Morgan fingerprint density at radius 3 is 1.92 bits per heavy atom. The Kier molecular flexibility index (Phi) is 4.53. The van der Waals surface area contributed by atoms with Crippen molar-refractivity contribution in [1.29, 1.82) is 0 Å². The number of hydrogen-bond donors (Lipinski definition) is 0. The van der Waals surface area contributed by atoms with Crippen LogP contribution in [0.4, 0.5) is 0 Å². The standard InChI is InChI=1S/C8H16O4/c1-9-7-6-8(10-2)12-5-3-4-11-7/h7-8H,3-6H2,1-2H3. The van der Waals surface area contributed by atoms with Crippen LogP contribution in [0, 0.1) is 0 Å². The topological polar surface area (TPSA) is 36.9 Å². The van der Waals surface area contributed by atoms with Crippen molar-refractivity contribution in [3.63, 3.8) is 0 Å². The van der Waals surface area contributed by atoms with Crippen molar-refractivity contribution in [3.05, 3.63) is 0 Å². The Labute approximate surface area is 72.7 Å². The van der Waals surface area contributed by atoms with Crippen LogP contribution < -0.4 is 0 Å². The average molecular weight is 176 g/mol. The number of rotatable bonds is 2. The third kappa shape index (κ3) is 3.06. The molecule has 0 N–H and O–H groups in total. The predicted molar refractivity (Wildman–Crippen MR) is 42.7 cm³/mol. The summed E-state index contributed by atoms with van der Waals surface area (Å²) in [5.74, 6) is 0. The minimum Gasteiger partial charge on any atom is -0.356 e. The molecule has 1 aliphatic rings. The maximum absolute atomic E-state index is 5.38. The fourth-order valence-corrected chi connectivity index (χ4v) is 1.11. The normalized spacial score (nSPS) is 32.5. The van der Waals surface area contributed by atoms with Crippen LogP contribution in [-0.4, -0.2) is 40.0 Å². The molecule has 12 heavy (non-hydrogen) atoms. The van der Waals surface area contributed by atoms with Crippen LogP contribution in [0.1, 0.15) is 12.8 Å². The largest absolute Gasteiger partial charge is 0.356 e. The van der Waals surface area contributed by atoms with Gasteiger partial charge in [0.1, 0.15) is 0 Å². The van der Waals surface area contributed by atoms with Gasteiger partial charge in [0.05, 0.1) is 13.2 Å². The van der Waals surface area contributed by atoms with E-state index in [4.69, 9.17) is 18.9 Å². The van der Waals surface area contributed by atoms with E-state index in [2.05, 4.69) is 0 Å². The molecule has 2 atom stereocenters. The molecule has 0 radical (unpaired) electrons. The van der Waals surface area contributed by atoms with Crippen molar-refractivity contribution in [1.82, 2.24) is 0 Å². The molecular formula is C8H16O4. The molecule has 1 saturated heterocycles. The molecule has 1 rings (SSSR count). The molecule has 2 unspecified atom stereocenters. The Balaban J connectivity index is 2.33. The summed E-state index contributed by atoms with van der Waals surface area (Å²) in [5, 5.41) is 0. The average Bonchev–Trinajstić information content (AvgIpc) is 2.05. The summed E-state index contributed by atoms with van der Waals surface area (Å²) in [7, 11) is 3.25. The lowest BCUT2D eigenvalue weighted by Crippen LogP contribution is -2.29. The lowest BCUT2D eigenvalue weighted by Gasteiger charge is -2.24. The third-order valence-corrected chi connectivity index (χ3v) is 1.81. The van der Waals surface area contributed by atoms with Crippen LogP contribution in [0.15, 0.2) is 0 Å². The Morgan fingerprint density at radius 1 is 1.00 bits per heavy atom. The van der Waals surface area contributed by atoms with Gasteiger partial charge in [-0.25, -0.2) is 0 Å². The van der Waals surface area contributed by atoms with Crippen LogP contribution >= 0.6 is 0 Å². The number of ether oxygens (including phenoxy) is 4. The van der Waals surface area contributed by atoms with Crippen molar-refractivity contribution in [3.8, 4) is 0 Å². The molecule has 0 aromatic heterocycles. The molecule has 0 spiro atoms. The van der Waals surface area contributed by atoms with Gasteiger partial charge in [-0.15, -0.1) is 0 Å². The molecule has 0 bridgehead atoms. The summed E-state index contributed by atoms with van der Waals surface area (Å²) >= 11 is 0. The third-order valence-electron chi connectivity index (χ3n) is 1.81. The van der Waals surface area contributed by atoms with Crippen LogP contribution in [-0.2, 0) is 18.9 Å². The summed E-state index contributed by atoms with van der Waals surface area (Å²) in [4.78, 5) is 0. The smallest absolute Gasteiger partial charge is 0.162 e. The zero-order chi connectivity index (χ0) is 8.81. The van der Waals surface area contributed by atoms with Crippen LogP contribution in [0.5, 0.6) is 0 Å². The quantitative estimate of drug-likeness (QED) is 0.622. The Bertz CT molecular complexity index is 106. The second-order valence-corrected chi connectivity index (χ2v) is 2.66. The molecule has 0 aromatic carbocycles. The summed E-state index contributed by atoms with van der Waals surface area (Å²) in [6, 6.07) is 0. The Hall–Kier alpha value is -0.160. The fourth-order valence-electron chi connectivity index (χ4n) is 1.11. The van der Waals surface area contributed by atoms with Crippen LogP contribution in [0.3, 0.4) is 0 Å². The highest BCUT2D eigenvalue weighted by atomic mass is 16.7. The van der Waals surface area contributed by atoms with Gasteiger partial charge in [0.2, 0.25) is 0 Å². The molecule has 4 nitrogen and oxygen atoms in total. The highest BCUT2D eigenvalue weighted by molar-refractivity contribution is 4.53. The van der Waals surface area contributed by atoms with Crippen molar-refractivity contribution in [2.24, 2.45) is 0 Å². The fraction of sp³-hybridized carbons (Fsp3) is 1.00. The maximum atomic E-state index is 5.38. The van der Waals surface area contributed by atoms with E-state index in [0.717, 1.165) is 6.42 Å². The monoisotopic (exact) mass is 176 g/mol. The van der Waals surface area contributed by atoms with Gasteiger partial charge in [-0.3, -0.25) is 0 Å². The molecule has 0 aliphatic carbocycles. The molecule has 0 aromatic rings. The van der Waals surface area contributed by atoms with E-state index in [-0.39, 0.29) is 12.6 Å². The molecule has 1 fully saturated rings. The van der Waals surface area contributed by atoms with E-state index < -0.39 is 0 Å². The van der Waals surface area contributed by atoms with Crippen LogP contribution in [0.2, 0.25) is 0 Å². The van der Waals surface area contributed by atoms with E-state index in [9.17, 15) is 0 Å². The van der Waals surface area contributed by atoms with E-state index in [1.54, 1.807) is 14.2 Å².